The van der Waals surface area contributed by atoms with E-state index in [2.05, 4.69) is 5.32 Å². The molecule has 0 radical (unpaired) electrons. The van der Waals surface area contributed by atoms with Gasteiger partial charge < -0.3 is 10.2 Å². The van der Waals surface area contributed by atoms with Crippen LogP contribution in [0.5, 0.6) is 0 Å². The third-order valence-corrected chi connectivity index (χ3v) is 7.66. The maximum atomic E-state index is 13.4. The van der Waals surface area contributed by atoms with Gasteiger partial charge in [-0.2, -0.15) is 0 Å². The lowest BCUT2D eigenvalue weighted by Crippen LogP contribution is -2.50. The SMILES string of the molecule is CC[C@H](C(=O)N[C@@H](C)CC)N(Cc1ccc(F)cc1)C(=O)CCCN(c1cc(Cl)ccc1C)S(C)(=O)=O. The van der Waals surface area contributed by atoms with E-state index < -0.39 is 16.1 Å². The Hall–Kier alpha value is -2.65. The Bertz CT molecular complexity index is 1170. The van der Waals surface area contributed by atoms with E-state index in [9.17, 15) is 22.4 Å². The molecule has 0 aliphatic carbocycles. The van der Waals surface area contributed by atoms with Crippen LogP contribution in [0.2, 0.25) is 5.02 Å². The number of benzene rings is 2. The monoisotopic (exact) mass is 553 g/mol. The molecule has 0 aromatic heterocycles. The zero-order chi connectivity index (χ0) is 27.8. The third-order valence-electron chi connectivity index (χ3n) is 6.25. The van der Waals surface area contributed by atoms with E-state index in [1.54, 1.807) is 37.3 Å². The molecule has 2 aromatic carbocycles. The van der Waals surface area contributed by atoms with Gasteiger partial charge in [-0.1, -0.05) is 43.6 Å². The number of nitrogens with zero attached hydrogens (tertiary/aromatic N) is 2. The summed E-state index contributed by atoms with van der Waals surface area (Å²) in [6.07, 6.45) is 2.52. The maximum absolute atomic E-state index is 13.4. The van der Waals surface area contributed by atoms with Crippen molar-refractivity contribution in [2.24, 2.45) is 0 Å². The van der Waals surface area contributed by atoms with Crippen molar-refractivity contribution in [2.75, 3.05) is 17.1 Å². The van der Waals surface area contributed by atoms with Crippen LogP contribution in [0.3, 0.4) is 0 Å². The lowest BCUT2D eigenvalue weighted by Gasteiger charge is -2.32. The lowest BCUT2D eigenvalue weighted by atomic mass is 10.1. The normalized spacial score (nSPS) is 13.1. The molecular formula is C27H37ClFN3O4S. The molecule has 7 nitrogen and oxygen atoms in total. The van der Waals surface area contributed by atoms with Crippen LogP contribution >= 0.6 is 11.6 Å². The van der Waals surface area contributed by atoms with E-state index in [1.807, 2.05) is 20.8 Å². The second kappa shape index (κ2) is 13.8. The zero-order valence-corrected chi connectivity index (χ0v) is 23.7. The number of hydrogen-bond acceptors (Lipinski definition) is 4. The first-order valence-corrected chi connectivity index (χ1v) is 14.7. The van der Waals surface area contributed by atoms with Crippen molar-refractivity contribution >= 4 is 39.1 Å². The summed E-state index contributed by atoms with van der Waals surface area (Å²) in [6.45, 7) is 7.69. The highest BCUT2D eigenvalue weighted by Gasteiger charge is 2.29. The fourth-order valence-corrected chi connectivity index (χ4v) is 5.16. The lowest BCUT2D eigenvalue weighted by molar-refractivity contribution is -0.141. The molecule has 0 bridgehead atoms. The number of halogens is 2. The van der Waals surface area contributed by atoms with Crippen LogP contribution in [0.4, 0.5) is 10.1 Å². The minimum absolute atomic E-state index is 0.0277. The third kappa shape index (κ3) is 9.00. The molecule has 0 heterocycles. The van der Waals surface area contributed by atoms with Gasteiger partial charge in [-0.15, -0.1) is 0 Å². The minimum atomic E-state index is -3.63. The second-order valence-electron chi connectivity index (χ2n) is 9.26. The predicted molar refractivity (Wildman–Crippen MR) is 147 cm³/mol. The maximum Gasteiger partial charge on any atom is 0.243 e. The first-order valence-electron chi connectivity index (χ1n) is 12.5. The molecule has 0 saturated heterocycles. The van der Waals surface area contributed by atoms with Crippen molar-refractivity contribution in [1.82, 2.24) is 10.2 Å². The molecule has 204 valence electrons. The van der Waals surface area contributed by atoms with Gasteiger partial charge in [-0.25, -0.2) is 12.8 Å². The van der Waals surface area contributed by atoms with Crippen molar-refractivity contribution in [2.45, 2.75) is 72.0 Å². The van der Waals surface area contributed by atoms with E-state index in [1.165, 1.54) is 21.3 Å². The van der Waals surface area contributed by atoms with Gasteiger partial charge in [-0.05, 0) is 68.5 Å². The molecule has 0 unspecified atom stereocenters. The molecule has 2 atom stereocenters. The van der Waals surface area contributed by atoms with Crippen molar-refractivity contribution in [3.05, 3.63) is 64.4 Å². The number of carbonyl (C=O) groups excluding carboxylic acids is 2. The standard InChI is InChI=1S/C27H37ClFN3O4S/c1-6-20(4)30-27(34)24(7-2)31(18-21-11-14-23(29)15-12-21)26(33)9-8-16-32(37(5,35)36)25-17-22(28)13-10-19(25)3/h10-15,17,20,24H,6-9,16,18H2,1-5H3,(H,30,34)/t20-,24+/m0/s1. The van der Waals surface area contributed by atoms with Gasteiger partial charge in [0, 0.05) is 30.6 Å². The van der Waals surface area contributed by atoms with E-state index >= 15 is 0 Å². The van der Waals surface area contributed by atoms with E-state index in [0.29, 0.717) is 22.7 Å². The largest absolute Gasteiger partial charge is 0.352 e. The average Bonchev–Trinajstić information content (AvgIpc) is 2.83. The van der Waals surface area contributed by atoms with Gasteiger partial charge in [0.25, 0.3) is 0 Å². The number of anilines is 1. The van der Waals surface area contributed by atoms with Crippen LogP contribution in [0.15, 0.2) is 42.5 Å². The number of sulfonamides is 1. The number of aryl methyl sites for hydroxylation is 1. The second-order valence-corrected chi connectivity index (χ2v) is 11.6. The number of carbonyl (C=O) groups is 2. The number of amides is 2. The van der Waals surface area contributed by atoms with Gasteiger partial charge in [0.2, 0.25) is 21.8 Å². The van der Waals surface area contributed by atoms with Gasteiger partial charge in [0.05, 0.1) is 11.9 Å². The molecule has 1 N–H and O–H groups in total. The summed E-state index contributed by atoms with van der Waals surface area (Å²) in [5, 5.41) is 3.36. The highest BCUT2D eigenvalue weighted by molar-refractivity contribution is 7.92. The van der Waals surface area contributed by atoms with Crippen LogP contribution in [0, 0.1) is 12.7 Å². The Morgan fingerprint density at radius 1 is 1.08 bits per heavy atom. The van der Waals surface area contributed by atoms with Gasteiger partial charge in [0.15, 0.2) is 0 Å². The Morgan fingerprint density at radius 2 is 1.73 bits per heavy atom. The van der Waals surface area contributed by atoms with Crippen LogP contribution in [-0.4, -0.2) is 50.0 Å². The first-order chi connectivity index (χ1) is 17.4. The number of rotatable bonds is 13. The highest BCUT2D eigenvalue weighted by Crippen LogP contribution is 2.27. The summed E-state index contributed by atoms with van der Waals surface area (Å²) >= 11 is 6.11. The molecule has 2 amide bonds. The molecule has 0 saturated carbocycles. The van der Waals surface area contributed by atoms with Gasteiger partial charge in [-0.3, -0.25) is 13.9 Å². The zero-order valence-electron chi connectivity index (χ0n) is 22.1. The molecule has 0 fully saturated rings. The van der Waals surface area contributed by atoms with Crippen molar-refractivity contribution < 1.29 is 22.4 Å². The fourth-order valence-electron chi connectivity index (χ4n) is 3.98. The van der Waals surface area contributed by atoms with E-state index in [-0.39, 0.29) is 49.6 Å². The highest BCUT2D eigenvalue weighted by atomic mass is 35.5. The van der Waals surface area contributed by atoms with Gasteiger partial charge >= 0.3 is 0 Å². The van der Waals surface area contributed by atoms with Crippen LogP contribution < -0.4 is 9.62 Å². The topological polar surface area (TPSA) is 86.8 Å². The Balaban J connectivity index is 2.25. The molecule has 37 heavy (non-hydrogen) atoms. The van der Waals surface area contributed by atoms with Crippen LogP contribution in [0.1, 0.15) is 57.6 Å². The van der Waals surface area contributed by atoms with Crippen molar-refractivity contribution in [3.8, 4) is 0 Å². The van der Waals surface area contributed by atoms with Crippen LogP contribution in [-0.2, 0) is 26.2 Å². The quantitative estimate of drug-likeness (QED) is 0.376. The molecule has 2 aromatic rings. The Kier molecular flexibility index (Phi) is 11.4. The molecule has 0 aliphatic rings. The van der Waals surface area contributed by atoms with E-state index in [0.717, 1.165) is 18.2 Å². The summed E-state index contributed by atoms with van der Waals surface area (Å²) in [4.78, 5) is 28.0. The molecule has 0 spiro atoms. The molecule has 10 heteroatoms. The Morgan fingerprint density at radius 3 is 2.30 bits per heavy atom. The van der Waals surface area contributed by atoms with Crippen molar-refractivity contribution in [3.63, 3.8) is 0 Å². The fraction of sp³-hybridized carbons (Fsp3) is 0.481. The Labute approximate surface area is 225 Å². The molecule has 2 rings (SSSR count). The van der Waals surface area contributed by atoms with E-state index in [4.69, 9.17) is 11.6 Å². The number of hydrogen-bond donors (Lipinski definition) is 1. The smallest absolute Gasteiger partial charge is 0.243 e. The predicted octanol–water partition coefficient (Wildman–Crippen LogP) is 5.06. The van der Waals surface area contributed by atoms with Gasteiger partial charge in [0.1, 0.15) is 11.9 Å². The summed E-state index contributed by atoms with van der Waals surface area (Å²) in [6, 6.07) is 10.1. The molecule has 0 aliphatic heterocycles. The van der Waals surface area contributed by atoms with Crippen molar-refractivity contribution in [1.29, 1.82) is 0 Å². The average molecular weight is 554 g/mol. The summed E-state index contributed by atoms with van der Waals surface area (Å²) < 4.78 is 39.8. The first kappa shape index (κ1) is 30.6. The summed E-state index contributed by atoms with van der Waals surface area (Å²) in [5.41, 5.74) is 1.90. The summed E-state index contributed by atoms with van der Waals surface area (Å²) in [7, 11) is -3.63. The minimum Gasteiger partial charge on any atom is -0.352 e. The number of nitrogens with one attached hydrogen (secondary N) is 1. The summed E-state index contributed by atoms with van der Waals surface area (Å²) in [5.74, 6) is -0.924. The molecular weight excluding hydrogens is 517 g/mol. The van der Waals surface area contributed by atoms with Crippen LogP contribution in [0.25, 0.3) is 0 Å².